The van der Waals surface area contributed by atoms with E-state index in [0.717, 1.165) is 6.07 Å². The van der Waals surface area contributed by atoms with Crippen molar-refractivity contribution in [3.63, 3.8) is 0 Å². The largest absolute Gasteiger partial charge is 0.481 e. The fourth-order valence-electron chi connectivity index (χ4n) is 2.58. The van der Waals surface area contributed by atoms with E-state index in [2.05, 4.69) is 5.32 Å². The van der Waals surface area contributed by atoms with Crippen molar-refractivity contribution in [2.75, 3.05) is 19.8 Å². The van der Waals surface area contributed by atoms with Crippen LogP contribution in [0.4, 0.5) is 4.39 Å². The van der Waals surface area contributed by atoms with E-state index in [4.69, 9.17) is 16.3 Å². The quantitative estimate of drug-likeness (QED) is 0.869. The molecule has 1 aliphatic heterocycles. The first kappa shape index (κ1) is 16.7. The normalized spacial score (nSPS) is 17.0. The van der Waals surface area contributed by atoms with Gasteiger partial charge in [-0.2, -0.15) is 0 Å². The molecule has 7 heteroatoms. The van der Waals surface area contributed by atoms with Crippen LogP contribution in [-0.4, -0.2) is 36.7 Å². The summed E-state index contributed by atoms with van der Waals surface area (Å²) in [7, 11) is 0. The number of nitrogens with one attached hydrogen (secondary N) is 1. The number of hydrogen-bond donors (Lipinski definition) is 2. The number of benzene rings is 1. The second kappa shape index (κ2) is 7.56. The van der Waals surface area contributed by atoms with E-state index in [1.165, 1.54) is 12.1 Å². The molecule has 1 heterocycles. The number of carboxylic acid groups (broad SMARTS) is 1. The molecule has 1 fully saturated rings. The van der Waals surface area contributed by atoms with E-state index in [-0.39, 0.29) is 23.0 Å². The summed E-state index contributed by atoms with van der Waals surface area (Å²) in [6.07, 6.45) is 1.26. The van der Waals surface area contributed by atoms with Crippen LogP contribution < -0.4 is 5.32 Å². The fraction of sp³-hybridized carbons (Fsp3) is 0.467. The van der Waals surface area contributed by atoms with Gasteiger partial charge in [-0.15, -0.1) is 0 Å². The van der Waals surface area contributed by atoms with E-state index in [0.29, 0.717) is 26.1 Å². The van der Waals surface area contributed by atoms with Crippen LogP contribution in [0.2, 0.25) is 5.02 Å². The molecular weight excluding hydrogens is 313 g/mol. The van der Waals surface area contributed by atoms with Gasteiger partial charge in [0.15, 0.2) is 0 Å². The highest BCUT2D eigenvalue weighted by Gasteiger charge is 2.30. The predicted molar refractivity (Wildman–Crippen MR) is 78.4 cm³/mol. The Kier molecular flexibility index (Phi) is 5.74. The molecule has 1 aliphatic rings. The van der Waals surface area contributed by atoms with E-state index >= 15 is 0 Å². The molecule has 1 atom stereocenters. The predicted octanol–water partition coefficient (Wildman–Crippen LogP) is 2.34. The summed E-state index contributed by atoms with van der Waals surface area (Å²) < 4.78 is 18.9. The highest BCUT2D eigenvalue weighted by atomic mass is 35.5. The average Bonchev–Trinajstić information content (AvgIpc) is 2.48. The van der Waals surface area contributed by atoms with Crippen LogP contribution in [0.25, 0.3) is 0 Å². The molecule has 120 valence electrons. The second-order valence-corrected chi connectivity index (χ2v) is 5.61. The number of amides is 1. The third-order valence-corrected chi connectivity index (χ3v) is 4.14. The number of aliphatic carboxylic acids is 1. The molecule has 1 saturated heterocycles. The molecule has 0 bridgehead atoms. The zero-order valence-corrected chi connectivity index (χ0v) is 12.6. The minimum atomic E-state index is -0.980. The minimum absolute atomic E-state index is 0.00422. The van der Waals surface area contributed by atoms with Crippen molar-refractivity contribution in [3.8, 4) is 0 Å². The first-order chi connectivity index (χ1) is 10.5. The highest BCUT2D eigenvalue weighted by molar-refractivity contribution is 6.33. The first-order valence-corrected chi connectivity index (χ1v) is 7.41. The number of rotatable bonds is 5. The van der Waals surface area contributed by atoms with Crippen molar-refractivity contribution in [1.29, 1.82) is 0 Å². The molecule has 0 aliphatic carbocycles. The zero-order chi connectivity index (χ0) is 16.1. The third kappa shape index (κ3) is 3.96. The summed E-state index contributed by atoms with van der Waals surface area (Å²) in [5.74, 6) is -3.21. The first-order valence-electron chi connectivity index (χ1n) is 7.03. The molecule has 0 radical (unpaired) electrons. The van der Waals surface area contributed by atoms with Gasteiger partial charge >= 0.3 is 5.97 Å². The maximum absolute atomic E-state index is 13.7. The molecule has 0 saturated carbocycles. The fourth-order valence-corrected chi connectivity index (χ4v) is 2.83. The second-order valence-electron chi connectivity index (χ2n) is 5.20. The highest BCUT2D eigenvalue weighted by Crippen LogP contribution is 2.24. The van der Waals surface area contributed by atoms with Crippen molar-refractivity contribution in [3.05, 3.63) is 34.6 Å². The summed E-state index contributed by atoms with van der Waals surface area (Å²) >= 11 is 5.82. The van der Waals surface area contributed by atoms with Crippen LogP contribution in [0.3, 0.4) is 0 Å². The molecular formula is C15H17ClFNO4. The van der Waals surface area contributed by atoms with Crippen molar-refractivity contribution >= 4 is 23.5 Å². The number of hydrogen-bond acceptors (Lipinski definition) is 3. The molecule has 1 aromatic carbocycles. The Morgan fingerprint density at radius 1 is 1.41 bits per heavy atom. The summed E-state index contributed by atoms with van der Waals surface area (Å²) in [6, 6.07) is 3.94. The Balaban J connectivity index is 2.03. The van der Waals surface area contributed by atoms with Gasteiger partial charge in [-0.05, 0) is 30.9 Å². The van der Waals surface area contributed by atoms with Gasteiger partial charge in [-0.25, -0.2) is 4.39 Å². The van der Waals surface area contributed by atoms with Crippen LogP contribution in [0.1, 0.15) is 23.2 Å². The van der Waals surface area contributed by atoms with Gasteiger partial charge in [0, 0.05) is 19.8 Å². The Labute approximate surface area is 132 Å². The van der Waals surface area contributed by atoms with Crippen LogP contribution in [0.15, 0.2) is 18.2 Å². The van der Waals surface area contributed by atoms with E-state index < -0.39 is 23.6 Å². The lowest BCUT2D eigenvalue weighted by atomic mass is 9.86. The zero-order valence-electron chi connectivity index (χ0n) is 11.9. The standard InChI is InChI=1S/C15H17ClFNO4/c16-11-2-1-3-12(17)13(11)14(19)18-8-10(15(20)21)9-4-6-22-7-5-9/h1-3,9-10H,4-8H2,(H,18,19)(H,20,21). The molecule has 0 spiro atoms. The number of ether oxygens (including phenoxy) is 1. The lowest BCUT2D eigenvalue weighted by Crippen LogP contribution is -2.39. The van der Waals surface area contributed by atoms with E-state index in [9.17, 15) is 19.1 Å². The van der Waals surface area contributed by atoms with Gasteiger partial charge < -0.3 is 15.2 Å². The van der Waals surface area contributed by atoms with Gasteiger partial charge in [0.1, 0.15) is 5.82 Å². The van der Waals surface area contributed by atoms with E-state index in [1.54, 1.807) is 0 Å². The molecule has 1 aromatic rings. The van der Waals surface area contributed by atoms with Gasteiger partial charge in [0.05, 0.1) is 16.5 Å². The SMILES string of the molecule is O=C(NCC(C(=O)O)C1CCOCC1)c1c(F)cccc1Cl. The molecule has 22 heavy (non-hydrogen) atoms. The van der Waals surface area contributed by atoms with Crippen molar-refractivity contribution in [2.45, 2.75) is 12.8 Å². The Hall–Kier alpha value is -1.66. The summed E-state index contributed by atoms with van der Waals surface area (Å²) in [4.78, 5) is 23.4. The number of carbonyl (C=O) groups is 2. The summed E-state index contributed by atoms with van der Waals surface area (Å²) in [6.45, 7) is 0.965. The van der Waals surface area contributed by atoms with Crippen LogP contribution in [-0.2, 0) is 9.53 Å². The lowest BCUT2D eigenvalue weighted by molar-refractivity contribution is -0.144. The lowest BCUT2D eigenvalue weighted by Gasteiger charge is -2.27. The molecule has 2 rings (SSSR count). The topological polar surface area (TPSA) is 75.6 Å². The van der Waals surface area contributed by atoms with Crippen LogP contribution in [0.5, 0.6) is 0 Å². The summed E-state index contributed by atoms with van der Waals surface area (Å²) in [5, 5.41) is 11.8. The number of halogens is 2. The Morgan fingerprint density at radius 2 is 2.09 bits per heavy atom. The molecule has 1 unspecified atom stereocenters. The minimum Gasteiger partial charge on any atom is -0.481 e. The van der Waals surface area contributed by atoms with Gasteiger partial charge in [0.2, 0.25) is 0 Å². The van der Waals surface area contributed by atoms with Crippen LogP contribution >= 0.6 is 11.6 Å². The molecule has 2 N–H and O–H groups in total. The van der Waals surface area contributed by atoms with Crippen molar-refractivity contribution in [1.82, 2.24) is 5.32 Å². The smallest absolute Gasteiger partial charge is 0.308 e. The Bertz CT molecular complexity index is 540. The maximum atomic E-state index is 13.7. The Morgan fingerprint density at radius 3 is 2.68 bits per heavy atom. The van der Waals surface area contributed by atoms with Gasteiger partial charge in [-0.1, -0.05) is 17.7 Å². The van der Waals surface area contributed by atoms with Crippen molar-refractivity contribution < 1.29 is 23.8 Å². The van der Waals surface area contributed by atoms with E-state index in [1.807, 2.05) is 0 Å². The molecule has 0 aromatic heterocycles. The number of carbonyl (C=O) groups excluding carboxylic acids is 1. The number of carboxylic acids is 1. The molecule has 1 amide bonds. The summed E-state index contributed by atoms with van der Waals surface area (Å²) in [5.41, 5.74) is -0.264. The maximum Gasteiger partial charge on any atom is 0.308 e. The average molecular weight is 330 g/mol. The monoisotopic (exact) mass is 329 g/mol. The third-order valence-electron chi connectivity index (χ3n) is 3.82. The van der Waals surface area contributed by atoms with Gasteiger partial charge in [-0.3, -0.25) is 9.59 Å². The van der Waals surface area contributed by atoms with Gasteiger partial charge in [0.25, 0.3) is 5.91 Å². The van der Waals surface area contributed by atoms with Crippen molar-refractivity contribution in [2.24, 2.45) is 11.8 Å². The molecule has 5 nitrogen and oxygen atoms in total. The van der Waals surface area contributed by atoms with Crippen LogP contribution in [0, 0.1) is 17.7 Å².